The number of hydrogen-bond acceptors (Lipinski definition) is 2. The molecule has 0 radical (unpaired) electrons. The van der Waals surface area contributed by atoms with Gasteiger partial charge in [0.1, 0.15) is 0 Å². The van der Waals surface area contributed by atoms with Gasteiger partial charge < -0.3 is 0 Å². The minimum Gasteiger partial charge on any atom is -0.290 e. The summed E-state index contributed by atoms with van der Waals surface area (Å²) in [7, 11) is 0. The normalized spacial score (nSPS) is 10.3. The van der Waals surface area contributed by atoms with Gasteiger partial charge in [-0.1, -0.05) is 66.7 Å². The first kappa shape index (κ1) is 18.0. The summed E-state index contributed by atoms with van der Waals surface area (Å²) in [6, 6.07) is 25.8. The second-order valence-electron chi connectivity index (χ2n) is 5.93. The highest BCUT2D eigenvalue weighted by molar-refractivity contribution is 8.93. The van der Waals surface area contributed by atoms with Crippen LogP contribution >= 0.6 is 17.0 Å². The number of halogens is 1. The molecule has 0 aliphatic heterocycles. The van der Waals surface area contributed by atoms with E-state index in [4.69, 9.17) is 0 Å². The molecule has 3 aromatic carbocycles. The molecule has 128 valence electrons. The smallest absolute Gasteiger partial charge is 0.287 e. The Morgan fingerprint density at radius 1 is 0.846 bits per heavy atom. The Labute approximate surface area is 162 Å². The molecule has 0 bridgehead atoms. The van der Waals surface area contributed by atoms with Crippen molar-refractivity contribution in [3.05, 3.63) is 97.0 Å². The first-order valence-electron chi connectivity index (χ1n) is 8.23. The third kappa shape index (κ3) is 3.70. The van der Waals surface area contributed by atoms with Crippen molar-refractivity contribution in [3.63, 3.8) is 0 Å². The zero-order valence-corrected chi connectivity index (χ0v) is 15.8. The van der Waals surface area contributed by atoms with E-state index in [0.717, 1.165) is 11.3 Å². The van der Waals surface area contributed by atoms with E-state index in [1.54, 1.807) is 6.33 Å². The Morgan fingerprint density at radius 3 is 2.35 bits per heavy atom. The molecule has 0 aliphatic carbocycles. The van der Waals surface area contributed by atoms with Crippen molar-refractivity contribution in [2.24, 2.45) is 0 Å². The lowest BCUT2D eigenvalue weighted by atomic mass is 10.0. The SMILES string of the molecule is Br.O=C(C[n+]1ccc(-c2cccc3ccccc23)nc1)c1ccccc1. The van der Waals surface area contributed by atoms with Crippen molar-refractivity contribution in [1.29, 1.82) is 0 Å². The molecule has 0 amide bonds. The van der Waals surface area contributed by atoms with Crippen LogP contribution in [-0.2, 0) is 6.54 Å². The van der Waals surface area contributed by atoms with E-state index in [2.05, 4.69) is 29.2 Å². The molecule has 0 unspecified atom stereocenters. The highest BCUT2D eigenvalue weighted by Crippen LogP contribution is 2.26. The van der Waals surface area contributed by atoms with Crippen LogP contribution in [0.3, 0.4) is 0 Å². The number of fused-ring (bicyclic) bond motifs is 1. The van der Waals surface area contributed by atoms with Crippen LogP contribution in [-0.4, -0.2) is 10.8 Å². The zero-order valence-electron chi connectivity index (χ0n) is 14.1. The van der Waals surface area contributed by atoms with Crippen molar-refractivity contribution < 1.29 is 9.36 Å². The summed E-state index contributed by atoms with van der Waals surface area (Å²) < 4.78 is 1.81. The lowest BCUT2D eigenvalue weighted by molar-refractivity contribution is -0.686. The third-order valence-corrected chi connectivity index (χ3v) is 4.26. The average molecular weight is 406 g/mol. The number of benzene rings is 3. The van der Waals surface area contributed by atoms with Gasteiger partial charge in [0.2, 0.25) is 5.78 Å². The van der Waals surface area contributed by atoms with Crippen LogP contribution < -0.4 is 4.57 Å². The molecule has 3 nitrogen and oxygen atoms in total. The lowest BCUT2D eigenvalue weighted by Crippen LogP contribution is -2.37. The molecule has 4 rings (SSSR count). The number of carbonyl (C=O) groups excluding carboxylic acids is 1. The predicted octanol–water partition coefficient (Wildman–Crippen LogP) is 4.65. The maximum Gasteiger partial charge on any atom is 0.287 e. The van der Waals surface area contributed by atoms with Crippen LogP contribution in [0.15, 0.2) is 91.4 Å². The summed E-state index contributed by atoms with van der Waals surface area (Å²) in [5.74, 6) is 0.0744. The second kappa shape index (κ2) is 8.02. The fraction of sp³-hybridized carbons (Fsp3) is 0.0455. The van der Waals surface area contributed by atoms with Gasteiger partial charge in [0.05, 0.1) is 6.20 Å². The van der Waals surface area contributed by atoms with Gasteiger partial charge >= 0.3 is 0 Å². The van der Waals surface area contributed by atoms with Crippen molar-refractivity contribution in [2.45, 2.75) is 6.54 Å². The number of rotatable bonds is 4. The van der Waals surface area contributed by atoms with Crippen molar-refractivity contribution in [1.82, 2.24) is 4.98 Å². The summed E-state index contributed by atoms with van der Waals surface area (Å²) >= 11 is 0. The molecule has 0 saturated heterocycles. The molecule has 4 aromatic rings. The molecule has 0 N–H and O–H groups in total. The van der Waals surface area contributed by atoms with Gasteiger partial charge in [-0.3, -0.25) is 4.79 Å². The average Bonchev–Trinajstić information content (AvgIpc) is 2.69. The Kier molecular flexibility index (Phi) is 5.54. The van der Waals surface area contributed by atoms with Crippen LogP contribution in [0.5, 0.6) is 0 Å². The largest absolute Gasteiger partial charge is 0.290 e. The van der Waals surface area contributed by atoms with E-state index in [9.17, 15) is 4.79 Å². The summed E-state index contributed by atoms with van der Waals surface area (Å²) in [4.78, 5) is 16.9. The Bertz CT molecular complexity index is 1030. The summed E-state index contributed by atoms with van der Waals surface area (Å²) in [5, 5.41) is 2.37. The molecule has 0 aliphatic rings. The quantitative estimate of drug-likeness (QED) is 0.365. The van der Waals surface area contributed by atoms with Gasteiger partial charge in [0.15, 0.2) is 12.2 Å². The van der Waals surface area contributed by atoms with E-state index in [0.29, 0.717) is 5.56 Å². The van der Waals surface area contributed by atoms with Crippen LogP contribution in [0.25, 0.3) is 22.0 Å². The number of Topliss-reactive ketones (excluding diaryl/α,β-unsaturated/α-hetero) is 1. The van der Waals surface area contributed by atoms with Crippen molar-refractivity contribution >= 4 is 33.5 Å². The molecule has 1 aromatic heterocycles. The summed E-state index contributed by atoms with van der Waals surface area (Å²) in [5.41, 5.74) is 2.72. The second-order valence-corrected chi connectivity index (χ2v) is 5.93. The van der Waals surface area contributed by atoms with E-state index < -0.39 is 0 Å². The van der Waals surface area contributed by atoms with Gasteiger partial charge in [-0.15, -0.1) is 17.0 Å². The fourth-order valence-electron chi connectivity index (χ4n) is 2.97. The molecule has 1 heterocycles. The van der Waals surface area contributed by atoms with Crippen LogP contribution in [0.2, 0.25) is 0 Å². The molecular formula is C22H18BrN2O+. The van der Waals surface area contributed by atoms with Gasteiger partial charge in [0, 0.05) is 17.2 Å². The summed E-state index contributed by atoms with van der Waals surface area (Å²) in [6.45, 7) is 0.285. The number of aromatic nitrogens is 2. The Hall–Kier alpha value is -2.85. The molecular weight excluding hydrogens is 388 g/mol. The molecule has 0 atom stereocenters. The number of carbonyl (C=O) groups is 1. The first-order chi connectivity index (χ1) is 12.3. The Balaban J connectivity index is 0.00000196. The van der Waals surface area contributed by atoms with Gasteiger partial charge in [-0.2, -0.15) is 0 Å². The topological polar surface area (TPSA) is 33.8 Å². The van der Waals surface area contributed by atoms with Crippen LogP contribution in [0, 0.1) is 0 Å². The minimum absolute atomic E-state index is 0. The summed E-state index contributed by atoms with van der Waals surface area (Å²) in [6.07, 6.45) is 3.63. The molecule has 0 spiro atoms. The van der Waals surface area contributed by atoms with Gasteiger partial charge in [-0.25, -0.2) is 4.57 Å². The molecule has 4 heteroatoms. The highest BCUT2D eigenvalue weighted by atomic mass is 79.9. The fourth-order valence-corrected chi connectivity index (χ4v) is 2.97. The maximum atomic E-state index is 12.3. The van der Waals surface area contributed by atoms with Gasteiger partial charge in [-0.05, 0) is 21.8 Å². The zero-order chi connectivity index (χ0) is 17.1. The van der Waals surface area contributed by atoms with Crippen molar-refractivity contribution in [2.75, 3.05) is 0 Å². The number of nitrogens with zero attached hydrogens (tertiary/aromatic N) is 2. The van der Waals surface area contributed by atoms with E-state index in [1.807, 2.05) is 65.4 Å². The Morgan fingerprint density at radius 2 is 1.58 bits per heavy atom. The number of hydrogen-bond donors (Lipinski definition) is 0. The van der Waals surface area contributed by atoms with Crippen LogP contribution in [0.4, 0.5) is 0 Å². The number of ketones is 1. The van der Waals surface area contributed by atoms with Crippen LogP contribution in [0.1, 0.15) is 10.4 Å². The standard InChI is InChI=1S/C22H17N2O.BrH/c25-22(18-8-2-1-3-9-18)15-24-14-13-21(23-16-24)20-12-6-10-17-7-4-5-11-19(17)20;/h1-14,16H,15H2;1H/q+1;. The molecule has 26 heavy (non-hydrogen) atoms. The monoisotopic (exact) mass is 405 g/mol. The van der Waals surface area contributed by atoms with Gasteiger partial charge in [0.25, 0.3) is 6.33 Å². The third-order valence-electron chi connectivity index (χ3n) is 4.26. The van der Waals surface area contributed by atoms with E-state index >= 15 is 0 Å². The maximum absolute atomic E-state index is 12.3. The first-order valence-corrected chi connectivity index (χ1v) is 8.23. The predicted molar refractivity (Wildman–Crippen MR) is 108 cm³/mol. The van der Waals surface area contributed by atoms with E-state index in [1.165, 1.54) is 10.8 Å². The molecule has 0 saturated carbocycles. The van der Waals surface area contributed by atoms with E-state index in [-0.39, 0.29) is 29.3 Å². The molecule has 0 fully saturated rings. The lowest BCUT2D eigenvalue weighted by Gasteiger charge is -2.03. The minimum atomic E-state index is 0. The highest BCUT2D eigenvalue weighted by Gasteiger charge is 2.12. The van der Waals surface area contributed by atoms with Crippen molar-refractivity contribution in [3.8, 4) is 11.3 Å².